The lowest BCUT2D eigenvalue weighted by Crippen LogP contribution is -2.41. The van der Waals surface area contributed by atoms with Gasteiger partial charge in [-0.1, -0.05) is 25.7 Å². The fraction of sp³-hybridized carbons (Fsp3) is 0.632. The van der Waals surface area contributed by atoms with Gasteiger partial charge in [0.25, 0.3) is 5.91 Å². The maximum absolute atomic E-state index is 14.1. The minimum atomic E-state index is -3.19. The zero-order valence-corrected chi connectivity index (χ0v) is 16.2. The van der Waals surface area contributed by atoms with E-state index in [0.717, 1.165) is 77.5 Å². The van der Waals surface area contributed by atoms with Crippen LogP contribution in [0.5, 0.6) is 0 Å². The third-order valence-electron chi connectivity index (χ3n) is 5.29. The number of hydrogen-bond acceptors (Lipinski definition) is 2. The number of hydrogen-bond donors (Lipinski definition) is 1. The molecule has 1 aromatic rings. The van der Waals surface area contributed by atoms with Crippen LogP contribution in [0.3, 0.4) is 0 Å². The molecule has 144 valence electrons. The molecule has 1 aromatic carbocycles. The second-order valence-electron chi connectivity index (χ2n) is 7.23. The van der Waals surface area contributed by atoms with Crippen molar-refractivity contribution in [2.75, 3.05) is 26.2 Å². The summed E-state index contributed by atoms with van der Waals surface area (Å²) in [5, 5.41) is 2.87. The Hall–Kier alpha value is -1.23. The van der Waals surface area contributed by atoms with E-state index >= 15 is 0 Å². The number of carbonyl (C=O) groups excluding carboxylic acids is 1. The average molecular weight is 381 g/mol. The van der Waals surface area contributed by atoms with Gasteiger partial charge in [-0.25, -0.2) is 13.7 Å². The van der Waals surface area contributed by atoms with E-state index in [-0.39, 0.29) is 11.7 Å². The highest BCUT2D eigenvalue weighted by atomic mass is 31.2. The minimum Gasteiger partial charge on any atom is -0.279 e. The van der Waals surface area contributed by atoms with Gasteiger partial charge in [-0.3, -0.25) is 14.4 Å². The quantitative estimate of drug-likeness (QED) is 0.785. The molecule has 2 fully saturated rings. The summed E-state index contributed by atoms with van der Waals surface area (Å²) in [6, 6.07) is 5.41. The van der Waals surface area contributed by atoms with Crippen LogP contribution in [0.4, 0.5) is 4.39 Å². The molecule has 0 spiro atoms. The topological polar surface area (TPSA) is 52.7 Å². The number of halogens is 1. The number of carbonyl (C=O) groups is 1. The number of amides is 1. The predicted octanol–water partition coefficient (Wildman–Crippen LogP) is 4.42. The monoisotopic (exact) mass is 381 g/mol. The zero-order chi connectivity index (χ0) is 18.4. The number of benzene rings is 1. The van der Waals surface area contributed by atoms with Crippen LogP contribution in [0.25, 0.3) is 0 Å². The van der Waals surface area contributed by atoms with Gasteiger partial charge in [-0.05, 0) is 49.9 Å². The highest BCUT2D eigenvalue weighted by molar-refractivity contribution is 7.57. The third-order valence-corrected chi connectivity index (χ3v) is 8.11. The third kappa shape index (κ3) is 4.73. The fourth-order valence-electron chi connectivity index (χ4n) is 3.77. The molecule has 3 rings (SSSR count). The Kier molecular flexibility index (Phi) is 6.85. The fourth-order valence-corrected chi connectivity index (χ4v) is 6.45. The molecule has 2 aliphatic heterocycles. The Morgan fingerprint density at radius 1 is 0.808 bits per heavy atom. The van der Waals surface area contributed by atoms with E-state index in [4.69, 9.17) is 0 Å². The lowest BCUT2D eigenvalue weighted by Gasteiger charge is -2.38. The van der Waals surface area contributed by atoms with Crippen molar-refractivity contribution in [1.29, 1.82) is 0 Å². The van der Waals surface area contributed by atoms with E-state index in [2.05, 4.69) is 5.09 Å². The first-order chi connectivity index (χ1) is 12.6. The summed E-state index contributed by atoms with van der Waals surface area (Å²) in [6.45, 7) is 2.99. The lowest BCUT2D eigenvalue weighted by atomic mass is 10.2. The first-order valence-corrected chi connectivity index (χ1v) is 11.4. The molecular weight excluding hydrogens is 352 g/mol. The van der Waals surface area contributed by atoms with E-state index in [0.29, 0.717) is 5.56 Å². The van der Waals surface area contributed by atoms with Crippen molar-refractivity contribution in [3.63, 3.8) is 0 Å². The van der Waals surface area contributed by atoms with E-state index in [1.54, 1.807) is 0 Å². The van der Waals surface area contributed by atoms with Gasteiger partial charge in [0.2, 0.25) is 0 Å². The maximum atomic E-state index is 14.1. The normalized spacial score (nSPS) is 21.0. The van der Waals surface area contributed by atoms with Crippen LogP contribution < -0.4 is 5.09 Å². The second kappa shape index (κ2) is 9.12. The Labute approximate surface area is 155 Å². The van der Waals surface area contributed by atoms with Crippen molar-refractivity contribution >= 4 is 13.5 Å². The molecule has 2 aliphatic rings. The van der Waals surface area contributed by atoms with E-state index in [9.17, 15) is 13.8 Å². The summed E-state index contributed by atoms with van der Waals surface area (Å²) >= 11 is 0. The van der Waals surface area contributed by atoms with Crippen molar-refractivity contribution in [3.8, 4) is 0 Å². The van der Waals surface area contributed by atoms with Crippen LogP contribution in [0.2, 0.25) is 0 Å². The Morgan fingerprint density at radius 2 is 1.23 bits per heavy atom. The molecule has 26 heavy (non-hydrogen) atoms. The Bertz CT molecular complexity index is 613. The first kappa shape index (κ1) is 19.5. The van der Waals surface area contributed by atoms with E-state index in [1.165, 1.54) is 24.3 Å². The Balaban J connectivity index is 1.84. The standard InChI is InChI=1S/C19H29FN3O2P/c20-18-11-9-17(10-12-18)19(24)21-26(25,22-13-5-1-2-6-14-22)23-15-7-3-4-8-16-23/h9-12H,1-8,13-16H2,(H,21,24,25). The van der Waals surface area contributed by atoms with E-state index < -0.39 is 7.59 Å². The second-order valence-corrected chi connectivity index (χ2v) is 9.67. The molecule has 2 saturated heterocycles. The largest absolute Gasteiger partial charge is 0.311 e. The van der Waals surface area contributed by atoms with Crippen molar-refractivity contribution in [3.05, 3.63) is 35.6 Å². The molecule has 7 heteroatoms. The van der Waals surface area contributed by atoms with Crippen LogP contribution in [0, 0.1) is 5.82 Å². The van der Waals surface area contributed by atoms with Crippen LogP contribution in [0.1, 0.15) is 61.7 Å². The van der Waals surface area contributed by atoms with Gasteiger partial charge in [0.15, 0.2) is 0 Å². The summed E-state index contributed by atoms with van der Waals surface area (Å²) in [4.78, 5) is 12.8. The minimum absolute atomic E-state index is 0.344. The SMILES string of the molecule is O=C(NP(=O)(N1CCCCCC1)N1CCCCCC1)c1ccc(F)cc1. The molecule has 0 saturated carbocycles. The molecule has 0 aromatic heterocycles. The molecule has 0 unspecified atom stereocenters. The zero-order valence-electron chi connectivity index (χ0n) is 15.3. The summed E-state index contributed by atoms with van der Waals surface area (Å²) in [7, 11) is -3.19. The van der Waals surface area contributed by atoms with Gasteiger partial charge in [0.05, 0.1) is 0 Å². The molecule has 5 nitrogen and oxygen atoms in total. The van der Waals surface area contributed by atoms with Gasteiger partial charge in [-0.2, -0.15) is 0 Å². The summed E-state index contributed by atoms with van der Waals surface area (Å²) in [5.41, 5.74) is 0.344. The summed E-state index contributed by atoms with van der Waals surface area (Å²) < 4.78 is 31.3. The first-order valence-electron chi connectivity index (χ1n) is 9.79. The maximum Gasteiger partial charge on any atom is 0.311 e. The highest BCUT2D eigenvalue weighted by Crippen LogP contribution is 2.51. The number of nitrogens with zero attached hydrogens (tertiary/aromatic N) is 2. The van der Waals surface area contributed by atoms with Gasteiger partial charge >= 0.3 is 7.59 Å². The van der Waals surface area contributed by atoms with Crippen molar-refractivity contribution in [2.45, 2.75) is 51.4 Å². The van der Waals surface area contributed by atoms with Gasteiger partial charge in [-0.15, -0.1) is 0 Å². The van der Waals surface area contributed by atoms with Gasteiger partial charge < -0.3 is 0 Å². The van der Waals surface area contributed by atoms with Crippen LogP contribution >= 0.6 is 7.59 Å². The molecule has 1 amide bonds. The van der Waals surface area contributed by atoms with E-state index in [1.807, 2.05) is 9.34 Å². The smallest absolute Gasteiger partial charge is 0.279 e. The number of rotatable bonds is 4. The highest BCUT2D eigenvalue weighted by Gasteiger charge is 2.39. The number of nitrogens with one attached hydrogen (secondary N) is 1. The van der Waals surface area contributed by atoms with Gasteiger partial charge in [0.1, 0.15) is 5.82 Å². The van der Waals surface area contributed by atoms with Crippen molar-refractivity contribution in [2.24, 2.45) is 0 Å². The molecule has 0 bridgehead atoms. The molecular formula is C19H29FN3O2P. The average Bonchev–Trinajstić information content (AvgIpc) is 3.08. The predicted molar refractivity (Wildman–Crippen MR) is 102 cm³/mol. The van der Waals surface area contributed by atoms with Crippen molar-refractivity contribution < 1.29 is 13.8 Å². The summed E-state index contributed by atoms with van der Waals surface area (Å²) in [6.07, 6.45) is 8.58. The molecule has 0 radical (unpaired) electrons. The van der Waals surface area contributed by atoms with Crippen LogP contribution in [-0.2, 0) is 4.57 Å². The van der Waals surface area contributed by atoms with Crippen molar-refractivity contribution in [1.82, 2.24) is 14.4 Å². The molecule has 0 atom stereocenters. The van der Waals surface area contributed by atoms with Gasteiger partial charge in [0, 0.05) is 31.7 Å². The summed E-state index contributed by atoms with van der Waals surface area (Å²) in [5.74, 6) is -0.772. The van der Waals surface area contributed by atoms with Crippen LogP contribution in [0.15, 0.2) is 24.3 Å². The molecule has 0 aliphatic carbocycles. The van der Waals surface area contributed by atoms with Crippen LogP contribution in [-0.4, -0.2) is 41.4 Å². The lowest BCUT2D eigenvalue weighted by molar-refractivity contribution is 0.0973. The molecule has 1 N–H and O–H groups in total. The molecule has 2 heterocycles. The Morgan fingerprint density at radius 3 is 1.65 bits per heavy atom.